The van der Waals surface area contributed by atoms with Gasteiger partial charge in [0, 0.05) is 13.1 Å². The summed E-state index contributed by atoms with van der Waals surface area (Å²) < 4.78 is 16.8. The van der Waals surface area contributed by atoms with Gasteiger partial charge in [-0.2, -0.15) is 0 Å². The predicted molar refractivity (Wildman–Crippen MR) is 72.5 cm³/mol. The molecule has 0 radical (unpaired) electrons. The van der Waals surface area contributed by atoms with Gasteiger partial charge >= 0.3 is 0 Å². The van der Waals surface area contributed by atoms with Gasteiger partial charge in [0.25, 0.3) is 5.91 Å². The fourth-order valence-electron chi connectivity index (χ4n) is 2.84. The van der Waals surface area contributed by atoms with Gasteiger partial charge < -0.3 is 18.8 Å². The molecule has 0 saturated carbocycles. The normalized spacial score (nSPS) is 23.7. The molecule has 0 bridgehead atoms. The van der Waals surface area contributed by atoms with Crippen LogP contribution in [0.4, 0.5) is 0 Å². The minimum Gasteiger partial charge on any atom is -0.466 e. The van der Waals surface area contributed by atoms with Crippen molar-refractivity contribution < 1.29 is 18.7 Å². The van der Waals surface area contributed by atoms with E-state index < -0.39 is 5.79 Å². The Hall–Kier alpha value is -1.33. The maximum Gasteiger partial charge on any atom is 0.257 e. The molecule has 1 amide bonds. The number of nitrogens with zero attached hydrogens (tertiary/aromatic N) is 1. The minimum atomic E-state index is -0.506. The average Bonchev–Trinajstić information content (AvgIpc) is 2.65. The molecule has 3 heterocycles. The molecule has 0 aromatic carbocycles. The van der Waals surface area contributed by atoms with Gasteiger partial charge in [-0.15, -0.1) is 0 Å². The molecule has 0 unspecified atom stereocenters. The molecular weight excluding hydrogens is 258 g/mol. The van der Waals surface area contributed by atoms with Crippen molar-refractivity contribution in [2.75, 3.05) is 26.3 Å². The highest BCUT2D eigenvalue weighted by molar-refractivity contribution is 5.95. The first-order valence-electron chi connectivity index (χ1n) is 6.95. The topological polar surface area (TPSA) is 51.9 Å². The molecule has 5 heteroatoms. The van der Waals surface area contributed by atoms with Gasteiger partial charge in [-0.25, -0.2) is 0 Å². The first kappa shape index (κ1) is 13.6. The third kappa shape index (κ3) is 2.25. The summed E-state index contributed by atoms with van der Waals surface area (Å²) in [6.07, 6.45) is 0. The van der Waals surface area contributed by atoms with Crippen molar-refractivity contribution >= 4 is 5.91 Å². The van der Waals surface area contributed by atoms with Gasteiger partial charge in [-0.3, -0.25) is 4.79 Å². The van der Waals surface area contributed by atoms with E-state index in [0.29, 0.717) is 37.6 Å². The molecule has 2 saturated heterocycles. The Bertz CT molecular complexity index is 528. The van der Waals surface area contributed by atoms with Gasteiger partial charge in [-0.1, -0.05) is 0 Å². The molecule has 2 aliphatic rings. The largest absolute Gasteiger partial charge is 0.466 e. The molecule has 1 spiro atoms. The fourth-order valence-corrected chi connectivity index (χ4v) is 2.84. The number of hydrogen-bond donors (Lipinski definition) is 0. The van der Waals surface area contributed by atoms with Crippen molar-refractivity contribution in [1.82, 2.24) is 4.90 Å². The second-order valence-electron chi connectivity index (χ2n) is 6.47. The number of likely N-dealkylation sites (tertiary alicyclic amines) is 1. The molecule has 20 heavy (non-hydrogen) atoms. The predicted octanol–water partition coefficient (Wildman–Crippen LogP) is 2.12. The zero-order valence-corrected chi connectivity index (χ0v) is 12.5. The van der Waals surface area contributed by atoms with Gasteiger partial charge in [0.2, 0.25) is 0 Å². The SMILES string of the molecule is Cc1cc(C(=O)N2CC3(COC(C)(C)OC3)C2)c(C)o1. The Morgan fingerprint density at radius 2 is 1.80 bits per heavy atom. The summed E-state index contributed by atoms with van der Waals surface area (Å²) in [5.74, 6) is 0.987. The van der Waals surface area contributed by atoms with Crippen LogP contribution in [0.1, 0.15) is 35.7 Å². The molecule has 3 rings (SSSR count). The van der Waals surface area contributed by atoms with E-state index in [1.54, 1.807) is 6.07 Å². The van der Waals surface area contributed by atoms with Crippen molar-refractivity contribution in [2.24, 2.45) is 5.41 Å². The molecule has 1 aromatic heterocycles. The molecule has 0 N–H and O–H groups in total. The Balaban J connectivity index is 1.63. The zero-order chi connectivity index (χ0) is 14.5. The van der Waals surface area contributed by atoms with E-state index in [-0.39, 0.29) is 11.3 Å². The first-order valence-corrected chi connectivity index (χ1v) is 6.95. The summed E-state index contributed by atoms with van der Waals surface area (Å²) in [5.41, 5.74) is 0.632. The Labute approximate surface area is 118 Å². The monoisotopic (exact) mass is 279 g/mol. The quantitative estimate of drug-likeness (QED) is 0.790. The van der Waals surface area contributed by atoms with Crippen LogP contribution in [-0.4, -0.2) is 42.9 Å². The minimum absolute atomic E-state index is 0.0299. The van der Waals surface area contributed by atoms with Crippen LogP contribution in [-0.2, 0) is 9.47 Å². The lowest BCUT2D eigenvalue weighted by Gasteiger charge is -2.53. The lowest BCUT2D eigenvalue weighted by atomic mass is 9.80. The molecular formula is C15H21NO4. The standard InChI is InChI=1S/C15H21NO4/c1-10-5-12(11(2)20-10)13(17)16-6-15(7-16)8-18-14(3,4)19-9-15/h5H,6-9H2,1-4H3. The van der Waals surface area contributed by atoms with Crippen LogP contribution in [0.15, 0.2) is 10.5 Å². The number of carbonyl (C=O) groups is 1. The van der Waals surface area contributed by atoms with Crippen LogP contribution < -0.4 is 0 Å². The van der Waals surface area contributed by atoms with Gasteiger partial charge in [0.15, 0.2) is 5.79 Å². The summed E-state index contributed by atoms with van der Waals surface area (Å²) in [7, 11) is 0. The van der Waals surface area contributed by atoms with Crippen LogP contribution in [0.25, 0.3) is 0 Å². The van der Waals surface area contributed by atoms with Crippen LogP contribution in [0.2, 0.25) is 0 Å². The fraction of sp³-hybridized carbons (Fsp3) is 0.667. The van der Waals surface area contributed by atoms with Crippen LogP contribution in [0, 0.1) is 19.3 Å². The summed E-state index contributed by atoms with van der Waals surface area (Å²) in [6.45, 7) is 10.2. The van der Waals surface area contributed by atoms with E-state index in [4.69, 9.17) is 13.9 Å². The number of aryl methyl sites for hydroxylation is 2. The summed E-state index contributed by atoms with van der Waals surface area (Å²) in [6, 6.07) is 1.81. The summed E-state index contributed by atoms with van der Waals surface area (Å²) in [5, 5.41) is 0. The lowest BCUT2D eigenvalue weighted by molar-refractivity contribution is -0.301. The number of hydrogen-bond acceptors (Lipinski definition) is 4. The smallest absolute Gasteiger partial charge is 0.257 e. The molecule has 2 aliphatic heterocycles. The Morgan fingerprint density at radius 3 is 2.30 bits per heavy atom. The number of carbonyl (C=O) groups excluding carboxylic acids is 1. The molecule has 0 atom stereocenters. The summed E-state index contributed by atoms with van der Waals surface area (Å²) >= 11 is 0. The van der Waals surface area contributed by atoms with Crippen molar-refractivity contribution in [2.45, 2.75) is 33.5 Å². The zero-order valence-electron chi connectivity index (χ0n) is 12.5. The van der Waals surface area contributed by atoms with E-state index in [1.165, 1.54) is 0 Å². The second-order valence-corrected chi connectivity index (χ2v) is 6.47. The number of rotatable bonds is 1. The van der Waals surface area contributed by atoms with E-state index in [1.807, 2.05) is 32.6 Å². The third-order valence-electron chi connectivity index (χ3n) is 4.06. The average molecular weight is 279 g/mol. The molecule has 110 valence electrons. The third-order valence-corrected chi connectivity index (χ3v) is 4.06. The van der Waals surface area contributed by atoms with Gasteiger partial charge in [0.05, 0.1) is 24.2 Å². The van der Waals surface area contributed by atoms with Gasteiger partial charge in [-0.05, 0) is 33.8 Å². The maximum atomic E-state index is 12.4. The van der Waals surface area contributed by atoms with E-state index in [2.05, 4.69) is 0 Å². The number of ether oxygens (including phenoxy) is 2. The molecule has 5 nitrogen and oxygen atoms in total. The molecule has 1 aromatic rings. The van der Waals surface area contributed by atoms with Crippen LogP contribution >= 0.6 is 0 Å². The second kappa shape index (κ2) is 4.33. The highest BCUT2D eigenvalue weighted by Crippen LogP contribution is 2.38. The highest BCUT2D eigenvalue weighted by atomic mass is 16.7. The maximum absolute atomic E-state index is 12.4. The Kier molecular flexibility index (Phi) is 2.95. The lowest BCUT2D eigenvalue weighted by Crippen LogP contribution is -2.65. The van der Waals surface area contributed by atoms with Crippen molar-refractivity contribution in [3.8, 4) is 0 Å². The highest BCUT2D eigenvalue weighted by Gasteiger charge is 2.50. The number of furan rings is 1. The van der Waals surface area contributed by atoms with Crippen molar-refractivity contribution in [3.05, 3.63) is 23.2 Å². The van der Waals surface area contributed by atoms with E-state index in [9.17, 15) is 4.79 Å². The number of amides is 1. The van der Waals surface area contributed by atoms with Crippen LogP contribution in [0.3, 0.4) is 0 Å². The van der Waals surface area contributed by atoms with Crippen molar-refractivity contribution in [3.63, 3.8) is 0 Å². The van der Waals surface area contributed by atoms with Crippen LogP contribution in [0.5, 0.6) is 0 Å². The van der Waals surface area contributed by atoms with Crippen molar-refractivity contribution in [1.29, 1.82) is 0 Å². The van der Waals surface area contributed by atoms with E-state index >= 15 is 0 Å². The molecule has 2 fully saturated rings. The van der Waals surface area contributed by atoms with E-state index in [0.717, 1.165) is 5.76 Å². The Morgan fingerprint density at radius 1 is 1.20 bits per heavy atom. The molecule has 0 aliphatic carbocycles. The summed E-state index contributed by atoms with van der Waals surface area (Å²) in [4.78, 5) is 14.2. The van der Waals surface area contributed by atoms with Gasteiger partial charge in [0.1, 0.15) is 11.5 Å². The first-order chi connectivity index (χ1) is 9.30.